The van der Waals surface area contributed by atoms with Crippen LogP contribution in [0.4, 0.5) is 0 Å². The van der Waals surface area contributed by atoms with Gasteiger partial charge in [-0.3, -0.25) is 9.69 Å². The fourth-order valence-electron chi connectivity index (χ4n) is 4.23. The molecule has 0 aromatic carbocycles. The van der Waals surface area contributed by atoms with Crippen LogP contribution >= 0.6 is 0 Å². The first-order chi connectivity index (χ1) is 11.6. The van der Waals surface area contributed by atoms with Gasteiger partial charge in [0, 0.05) is 31.2 Å². The molecule has 2 atom stereocenters. The second-order valence-corrected chi connectivity index (χ2v) is 7.54. The Morgan fingerprint density at radius 1 is 1.08 bits per heavy atom. The zero-order valence-electron chi connectivity index (χ0n) is 15.6. The van der Waals surface area contributed by atoms with E-state index >= 15 is 0 Å². The first-order valence-electron chi connectivity index (χ1n) is 10.1. The number of nitrogens with one attached hydrogen (secondary N) is 1. The zero-order valence-corrected chi connectivity index (χ0v) is 15.6. The number of piperidine rings is 1. The van der Waals surface area contributed by atoms with E-state index < -0.39 is 0 Å². The van der Waals surface area contributed by atoms with Crippen LogP contribution in [0.15, 0.2) is 11.6 Å². The Labute approximate surface area is 147 Å². The maximum absolute atomic E-state index is 12.3. The number of hydrogen-bond donors (Lipinski definition) is 2. The summed E-state index contributed by atoms with van der Waals surface area (Å²) >= 11 is 0. The minimum absolute atomic E-state index is 0.0862. The van der Waals surface area contributed by atoms with Gasteiger partial charge in [0.05, 0.1) is 6.10 Å². The van der Waals surface area contributed by atoms with E-state index in [1.165, 1.54) is 12.0 Å². The molecule has 1 saturated heterocycles. The molecule has 0 bridgehead atoms. The van der Waals surface area contributed by atoms with Crippen LogP contribution in [0.25, 0.3) is 0 Å². The van der Waals surface area contributed by atoms with Crippen LogP contribution in [0.5, 0.6) is 0 Å². The second-order valence-electron chi connectivity index (χ2n) is 7.54. The third-order valence-corrected chi connectivity index (χ3v) is 5.52. The third-order valence-electron chi connectivity index (χ3n) is 5.52. The van der Waals surface area contributed by atoms with Crippen LogP contribution in [-0.2, 0) is 4.79 Å². The Kier molecular flexibility index (Phi) is 8.26. The highest BCUT2D eigenvalue weighted by Crippen LogP contribution is 2.26. The molecule has 4 nitrogen and oxygen atoms in total. The van der Waals surface area contributed by atoms with Crippen LogP contribution in [0.2, 0.25) is 0 Å². The number of carbonyl (C=O) groups excluding carboxylic acids is 1. The number of rotatable bonds is 7. The topological polar surface area (TPSA) is 52.6 Å². The average Bonchev–Trinajstić information content (AvgIpc) is 2.56. The zero-order chi connectivity index (χ0) is 17.4. The summed E-state index contributed by atoms with van der Waals surface area (Å²) in [5.74, 6) is 0.0862. The summed E-state index contributed by atoms with van der Waals surface area (Å²) in [5, 5.41) is 13.4. The molecule has 2 N–H and O–H groups in total. The molecular weight excluding hydrogens is 300 g/mol. The van der Waals surface area contributed by atoms with Gasteiger partial charge in [-0.1, -0.05) is 45.1 Å². The molecule has 1 heterocycles. The van der Waals surface area contributed by atoms with Gasteiger partial charge in [-0.25, -0.2) is 0 Å². The van der Waals surface area contributed by atoms with Gasteiger partial charge >= 0.3 is 0 Å². The SMILES string of the molecule is CCCC(=CC(=O)NC1CCN(C2CCCCC2O)CC1)CCC. The van der Waals surface area contributed by atoms with E-state index in [1.54, 1.807) is 0 Å². The molecule has 2 fully saturated rings. The van der Waals surface area contributed by atoms with E-state index in [-0.39, 0.29) is 18.1 Å². The van der Waals surface area contributed by atoms with Gasteiger partial charge in [-0.2, -0.15) is 0 Å². The number of amides is 1. The van der Waals surface area contributed by atoms with Crippen LogP contribution in [0, 0.1) is 0 Å². The first kappa shape index (κ1) is 19.5. The normalized spacial score (nSPS) is 26.1. The first-order valence-corrected chi connectivity index (χ1v) is 10.1. The number of likely N-dealkylation sites (tertiary alicyclic amines) is 1. The quantitative estimate of drug-likeness (QED) is 0.701. The van der Waals surface area contributed by atoms with Crippen molar-refractivity contribution in [1.82, 2.24) is 10.2 Å². The van der Waals surface area contributed by atoms with Crippen molar-refractivity contribution in [2.45, 2.75) is 96.2 Å². The van der Waals surface area contributed by atoms with Crippen molar-refractivity contribution >= 4 is 5.91 Å². The molecule has 0 spiro atoms. The minimum atomic E-state index is -0.154. The van der Waals surface area contributed by atoms with Gasteiger partial charge in [0.1, 0.15) is 0 Å². The highest BCUT2D eigenvalue weighted by molar-refractivity contribution is 5.88. The fourth-order valence-corrected chi connectivity index (χ4v) is 4.23. The van der Waals surface area contributed by atoms with Crippen molar-refractivity contribution in [1.29, 1.82) is 0 Å². The number of hydrogen-bond acceptors (Lipinski definition) is 3. The lowest BCUT2D eigenvalue weighted by Crippen LogP contribution is -2.52. The Bertz CT molecular complexity index is 406. The smallest absolute Gasteiger partial charge is 0.244 e. The summed E-state index contributed by atoms with van der Waals surface area (Å²) in [6.45, 7) is 6.31. The maximum atomic E-state index is 12.3. The van der Waals surface area contributed by atoms with E-state index in [0.717, 1.165) is 70.9 Å². The van der Waals surface area contributed by atoms with Crippen LogP contribution in [-0.4, -0.2) is 47.2 Å². The maximum Gasteiger partial charge on any atom is 0.244 e. The van der Waals surface area contributed by atoms with Crippen molar-refractivity contribution in [3.63, 3.8) is 0 Å². The average molecular weight is 337 g/mol. The van der Waals surface area contributed by atoms with E-state index in [1.807, 2.05) is 6.08 Å². The Hall–Kier alpha value is -0.870. The highest BCUT2D eigenvalue weighted by atomic mass is 16.3. The third kappa shape index (κ3) is 5.89. The number of aliphatic hydroxyl groups is 1. The summed E-state index contributed by atoms with van der Waals surface area (Å²) in [4.78, 5) is 14.7. The number of allylic oxidation sites excluding steroid dienone is 1. The standard InChI is InChI=1S/C20H36N2O2/c1-3-7-16(8-4-2)15-20(24)21-17-11-13-22(14-12-17)18-9-5-6-10-19(18)23/h15,17-19,23H,3-14H2,1-2H3,(H,21,24). The molecule has 2 unspecified atom stereocenters. The Morgan fingerprint density at radius 2 is 1.71 bits per heavy atom. The Balaban J connectivity index is 1.77. The van der Waals surface area contributed by atoms with E-state index in [4.69, 9.17) is 0 Å². The van der Waals surface area contributed by atoms with Gasteiger partial charge in [0.25, 0.3) is 0 Å². The van der Waals surface area contributed by atoms with Crippen molar-refractivity contribution in [2.75, 3.05) is 13.1 Å². The molecule has 1 saturated carbocycles. The molecular formula is C20H36N2O2. The largest absolute Gasteiger partial charge is 0.391 e. The second kappa shape index (κ2) is 10.2. The molecule has 0 aromatic heterocycles. The van der Waals surface area contributed by atoms with Crippen LogP contribution in [0.3, 0.4) is 0 Å². The Morgan fingerprint density at radius 3 is 2.29 bits per heavy atom. The van der Waals surface area contributed by atoms with Gasteiger partial charge < -0.3 is 10.4 Å². The molecule has 24 heavy (non-hydrogen) atoms. The lowest BCUT2D eigenvalue weighted by Gasteiger charge is -2.41. The van der Waals surface area contributed by atoms with Crippen molar-refractivity contribution in [3.05, 3.63) is 11.6 Å². The van der Waals surface area contributed by atoms with Crippen molar-refractivity contribution in [2.24, 2.45) is 0 Å². The molecule has 1 aliphatic carbocycles. The number of nitrogens with zero attached hydrogens (tertiary/aromatic N) is 1. The molecule has 2 rings (SSSR count). The van der Waals surface area contributed by atoms with Gasteiger partial charge in [-0.05, 0) is 38.5 Å². The van der Waals surface area contributed by atoms with Crippen molar-refractivity contribution in [3.8, 4) is 0 Å². The summed E-state index contributed by atoms with van der Waals surface area (Å²) in [7, 11) is 0. The van der Waals surface area contributed by atoms with Gasteiger partial charge in [0.2, 0.25) is 5.91 Å². The molecule has 0 aromatic rings. The van der Waals surface area contributed by atoms with Gasteiger partial charge in [0.15, 0.2) is 0 Å². The molecule has 138 valence electrons. The predicted molar refractivity (Wildman–Crippen MR) is 98.9 cm³/mol. The summed E-state index contributed by atoms with van der Waals surface area (Å²) < 4.78 is 0. The molecule has 1 aliphatic heterocycles. The number of aliphatic hydroxyl groups excluding tert-OH is 1. The lowest BCUT2D eigenvalue weighted by atomic mass is 9.89. The monoisotopic (exact) mass is 336 g/mol. The van der Waals surface area contributed by atoms with Crippen LogP contribution in [0.1, 0.15) is 78.1 Å². The van der Waals surface area contributed by atoms with E-state index in [9.17, 15) is 9.90 Å². The van der Waals surface area contributed by atoms with E-state index in [2.05, 4.69) is 24.1 Å². The molecule has 1 amide bonds. The summed E-state index contributed by atoms with van der Waals surface area (Å²) in [5.41, 5.74) is 1.28. The highest BCUT2D eigenvalue weighted by Gasteiger charge is 2.31. The summed E-state index contributed by atoms with van der Waals surface area (Å²) in [6.07, 6.45) is 12.4. The molecule has 0 radical (unpaired) electrons. The minimum Gasteiger partial charge on any atom is -0.391 e. The fraction of sp³-hybridized carbons (Fsp3) is 0.850. The number of carbonyl (C=O) groups is 1. The van der Waals surface area contributed by atoms with E-state index in [0.29, 0.717) is 6.04 Å². The predicted octanol–water partition coefficient (Wildman–Crippen LogP) is 3.40. The lowest BCUT2D eigenvalue weighted by molar-refractivity contribution is -0.117. The summed E-state index contributed by atoms with van der Waals surface area (Å²) in [6, 6.07) is 0.631. The van der Waals surface area contributed by atoms with Crippen LogP contribution < -0.4 is 5.32 Å². The van der Waals surface area contributed by atoms with Crippen molar-refractivity contribution < 1.29 is 9.90 Å². The van der Waals surface area contributed by atoms with Gasteiger partial charge in [-0.15, -0.1) is 0 Å². The molecule has 2 aliphatic rings. The molecule has 4 heteroatoms.